The summed E-state index contributed by atoms with van der Waals surface area (Å²) in [5.74, 6) is -0.977. The molecule has 0 saturated heterocycles. The molecular weight excluding hydrogens is 401 g/mol. The van der Waals surface area contributed by atoms with E-state index in [-0.39, 0.29) is 10.0 Å². The maximum atomic E-state index is 13.9. The van der Waals surface area contributed by atoms with Gasteiger partial charge in [-0.3, -0.25) is 0 Å². The molecule has 2 aromatic rings. The van der Waals surface area contributed by atoms with Crippen molar-refractivity contribution in [1.82, 2.24) is 0 Å². The number of alkyl halides is 1. The van der Waals surface area contributed by atoms with Crippen LogP contribution in [0.4, 0.5) is 8.78 Å². The Kier molecular flexibility index (Phi) is 4.64. The van der Waals surface area contributed by atoms with Crippen LogP contribution in [0.5, 0.6) is 0 Å². The number of aryl methyl sites for hydroxylation is 1. The summed E-state index contributed by atoms with van der Waals surface area (Å²) in [6, 6.07) is 7.66. The number of hydrogen-bond acceptors (Lipinski definition) is 0. The Morgan fingerprint density at radius 1 is 1.05 bits per heavy atom. The first kappa shape index (κ1) is 14.9. The Labute approximate surface area is 132 Å². The van der Waals surface area contributed by atoms with Crippen molar-refractivity contribution in [1.29, 1.82) is 0 Å². The van der Waals surface area contributed by atoms with Gasteiger partial charge in [0.15, 0.2) is 0 Å². The van der Waals surface area contributed by atoms with E-state index in [1.165, 1.54) is 6.07 Å². The molecule has 19 heavy (non-hydrogen) atoms. The zero-order chi connectivity index (χ0) is 14.2. The molecule has 0 N–H and O–H groups in total. The van der Waals surface area contributed by atoms with E-state index >= 15 is 0 Å². The van der Waals surface area contributed by atoms with Crippen LogP contribution in [0.2, 0.25) is 5.02 Å². The Morgan fingerprint density at radius 2 is 1.74 bits per heavy atom. The molecule has 0 spiro atoms. The normalized spacial score (nSPS) is 12.5. The molecule has 5 heteroatoms. The molecule has 0 heterocycles. The Hall–Kier alpha value is -0.450. The predicted octanol–water partition coefficient (Wildman–Crippen LogP) is 6.17. The molecule has 0 fully saturated rings. The minimum atomic E-state index is -0.500. The van der Waals surface area contributed by atoms with Crippen molar-refractivity contribution >= 4 is 43.5 Å². The summed E-state index contributed by atoms with van der Waals surface area (Å²) < 4.78 is 27.6. The fourth-order valence-corrected chi connectivity index (χ4v) is 3.12. The molecule has 2 aromatic carbocycles. The predicted molar refractivity (Wildman–Crippen MR) is 81.0 cm³/mol. The lowest BCUT2D eigenvalue weighted by Gasteiger charge is -2.15. The Bertz CT molecular complexity index is 629. The van der Waals surface area contributed by atoms with E-state index < -0.39 is 16.5 Å². The highest BCUT2D eigenvalue weighted by molar-refractivity contribution is 9.10. The lowest BCUT2D eigenvalue weighted by Crippen LogP contribution is -2.00. The van der Waals surface area contributed by atoms with Crippen LogP contribution in [-0.2, 0) is 0 Å². The van der Waals surface area contributed by atoms with Crippen LogP contribution in [0.1, 0.15) is 21.5 Å². The third-order valence-corrected chi connectivity index (χ3v) is 4.66. The summed E-state index contributed by atoms with van der Waals surface area (Å²) in [5, 5.41) is 0.558. The van der Waals surface area contributed by atoms with E-state index in [0.717, 1.165) is 17.2 Å². The fraction of sp³-hybridized carbons (Fsp3) is 0.143. The zero-order valence-electron chi connectivity index (χ0n) is 9.85. The molecule has 0 saturated carbocycles. The average molecular weight is 410 g/mol. The van der Waals surface area contributed by atoms with Gasteiger partial charge in [-0.25, -0.2) is 8.78 Å². The van der Waals surface area contributed by atoms with Gasteiger partial charge in [-0.15, -0.1) is 0 Å². The average Bonchev–Trinajstić information content (AvgIpc) is 2.36. The highest BCUT2D eigenvalue weighted by atomic mass is 79.9. The number of rotatable bonds is 2. The van der Waals surface area contributed by atoms with Crippen molar-refractivity contribution in [3.63, 3.8) is 0 Å². The van der Waals surface area contributed by atoms with E-state index in [9.17, 15) is 8.78 Å². The van der Waals surface area contributed by atoms with Gasteiger partial charge in [0.2, 0.25) is 0 Å². The maximum Gasteiger partial charge on any atom is 0.137 e. The molecule has 0 aliphatic rings. The molecule has 100 valence electrons. The quantitative estimate of drug-likeness (QED) is 0.410. The maximum absolute atomic E-state index is 13.9. The van der Waals surface area contributed by atoms with Crippen LogP contribution in [0.25, 0.3) is 0 Å². The number of halogens is 5. The van der Waals surface area contributed by atoms with Crippen LogP contribution in [0.15, 0.2) is 34.8 Å². The largest absolute Gasteiger partial charge is 0.207 e. The molecule has 0 aliphatic carbocycles. The minimum Gasteiger partial charge on any atom is -0.207 e. The Balaban J connectivity index is 2.52. The standard InChI is InChI=1S/C14H9Br2ClF2/c1-7-2-3-8(17)4-9(7)14(16)10-5-13(19)11(15)6-12(10)18/h2-6,14H,1H3. The number of benzene rings is 2. The lowest BCUT2D eigenvalue weighted by molar-refractivity contribution is 0.583. The van der Waals surface area contributed by atoms with Gasteiger partial charge in [0.1, 0.15) is 11.6 Å². The molecule has 0 bridgehead atoms. The van der Waals surface area contributed by atoms with Crippen LogP contribution >= 0.6 is 43.5 Å². The van der Waals surface area contributed by atoms with Crippen molar-refractivity contribution in [2.24, 2.45) is 0 Å². The van der Waals surface area contributed by atoms with Crippen LogP contribution in [0.3, 0.4) is 0 Å². The second-order valence-corrected chi connectivity index (χ2v) is 6.36. The van der Waals surface area contributed by atoms with Crippen molar-refractivity contribution in [3.8, 4) is 0 Å². The highest BCUT2D eigenvalue weighted by Crippen LogP contribution is 2.37. The fourth-order valence-electron chi connectivity index (χ4n) is 1.78. The first-order valence-electron chi connectivity index (χ1n) is 5.44. The van der Waals surface area contributed by atoms with Gasteiger partial charge >= 0.3 is 0 Å². The van der Waals surface area contributed by atoms with Crippen molar-refractivity contribution < 1.29 is 8.78 Å². The van der Waals surface area contributed by atoms with Gasteiger partial charge in [0.25, 0.3) is 0 Å². The van der Waals surface area contributed by atoms with Crippen molar-refractivity contribution in [3.05, 3.63) is 68.2 Å². The van der Waals surface area contributed by atoms with Gasteiger partial charge in [0, 0.05) is 10.6 Å². The van der Waals surface area contributed by atoms with E-state index in [0.29, 0.717) is 5.02 Å². The van der Waals surface area contributed by atoms with E-state index in [4.69, 9.17) is 11.6 Å². The monoisotopic (exact) mass is 408 g/mol. The summed E-state index contributed by atoms with van der Waals surface area (Å²) >= 11 is 12.3. The summed E-state index contributed by atoms with van der Waals surface area (Å²) in [4.78, 5) is -0.450. The van der Waals surface area contributed by atoms with Crippen LogP contribution in [0, 0.1) is 18.6 Å². The SMILES string of the molecule is Cc1ccc(Cl)cc1C(Br)c1cc(F)c(Br)cc1F. The zero-order valence-corrected chi connectivity index (χ0v) is 13.8. The van der Waals surface area contributed by atoms with Gasteiger partial charge in [-0.05, 0) is 58.2 Å². The molecule has 0 nitrogen and oxygen atoms in total. The van der Waals surface area contributed by atoms with Gasteiger partial charge in [-0.2, -0.15) is 0 Å². The highest BCUT2D eigenvalue weighted by Gasteiger charge is 2.19. The van der Waals surface area contributed by atoms with E-state index in [1.54, 1.807) is 12.1 Å². The molecule has 2 rings (SSSR count). The minimum absolute atomic E-state index is 0.108. The second-order valence-electron chi connectivity index (χ2n) is 4.15. The summed E-state index contributed by atoms with van der Waals surface area (Å²) in [5.41, 5.74) is 2.01. The second kappa shape index (κ2) is 5.90. The summed E-state index contributed by atoms with van der Waals surface area (Å²) in [6.45, 7) is 1.90. The third-order valence-electron chi connectivity index (χ3n) is 2.83. The molecule has 0 radical (unpaired) electrons. The van der Waals surface area contributed by atoms with E-state index in [2.05, 4.69) is 31.9 Å². The van der Waals surface area contributed by atoms with Crippen molar-refractivity contribution in [2.75, 3.05) is 0 Å². The first-order valence-corrected chi connectivity index (χ1v) is 7.53. The molecule has 0 aliphatic heterocycles. The van der Waals surface area contributed by atoms with Gasteiger partial charge in [0.05, 0.1) is 9.30 Å². The molecule has 1 unspecified atom stereocenters. The molecule has 0 amide bonds. The number of hydrogen-bond donors (Lipinski definition) is 0. The smallest absolute Gasteiger partial charge is 0.137 e. The molecule has 1 atom stereocenters. The van der Waals surface area contributed by atoms with Crippen LogP contribution < -0.4 is 0 Å². The Morgan fingerprint density at radius 3 is 2.42 bits per heavy atom. The van der Waals surface area contributed by atoms with E-state index in [1.807, 2.05) is 13.0 Å². The third kappa shape index (κ3) is 3.18. The van der Waals surface area contributed by atoms with Gasteiger partial charge < -0.3 is 0 Å². The topological polar surface area (TPSA) is 0 Å². The summed E-state index contributed by atoms with van der Waals surface area (Å²) in [7, 11) is 0. The molecule has 0 aromatic heterocycles. The first-order chi connectivity index (χ1) is 8.90. The van der Waals surface area contributed by atoms with Gasteiger partial charge in [-0.1, -0.05) is 33.6 Å². The molecular formula is C14H9Br2ClF2. The summed E-state index contributed by atoms with van der Waals surface area (Å²) in [6.07, 6.45) is 0. The lowest BCUT2D eigenvalue weighted by atomic mass is 10.00. The van der Waals surface area contributed by atoms with Crippen molar-refractivity contribution in [2.45, 2.75) is 11.8 Å². The van der Waals surface area contributed by atoms with Crippen LogP contribution in [-0.4, -0.2) is 0 Å².